The average Bonchev–Trinajstić information content (AvgIpc) is 3.61. The van der Waals surface area contributed by atoms with Crippen molar-refractivity contribution in [2.45, 2.75) is 51.1 Å². The second kappa shape index (κ2) is 11.3. The molecule has 1 saturated heterocycles. The molecule has 3 aromatic rings. The molecule has 10 heteroatoms. The fourth-order valence-corrected chi connectivity index (χ4v) is 5.39. The van der Waals surface area contributed by atoms with Gasteiger partial charge in [0, 0.05) is 43.0 Å². The summed E-state index contributed by atoms with van der Waals surface area (Å²) in [5.41, 5.74) is 2.18. The van der Waals surface area contributed by atoms with Crippen LogP contribution in [0.15, 0.2) is 47.3 Å². The maximum atomic E-state index is 14.4. The summed E-state index contributed by atoms with van der Waals surface area (Å²) < 4.78 is 29.3. The number of hydrogen-bond donors (Lipinski definition) is 3. The zero-order valence-electron chi connectivity index (χ0n) is 21.4. The summed E-state index contributed by atoms with van der Waals surface area (Å²) in [5.74, 6) is -2.48. The van der Waals surface area contributed by atoms with E-state index in [0.717, 1.165) is 73.9 Å². The molecular formula is C28H32F2N6O2. The molecule has 2 aliphatic rings. The van der Waals surface area contributed by atoms with Crippen molar-refractivity contribution in [3.05, 3.63) is 75.7 Å². The number of benzene rings is 2. The second-order valence-electron chi connectivity index (χ2n) is 9.83. The van der Waals surface area contributed by atoms with Crippen LogP contribution in [0.4, 0.5) is 25.8 Å². The number of rotatable bonds is 8. The van der Waals surface area contributed by atoms with E-state index in [4.69, 9.17) is 0 Å². The molecular weight excluding hydrogens is 490 g/mol. The maximum absolute atomic E-state index is 14.4. The van der Waals surface area contributed by atoms with Crippen LogP contribution in [0.5, 0.6) is 0 Å². The van der Waals surface area contributed by atoms with Gasteiger partial charge >= 0.3 is 0 Å². The van der Waals surface area contributed by atoms with Crippen molar-refractivity contribution in [2.75, 3.05) is 35.7 Å². The van der Waals surface area contributed by atoms with Gasteiger partial charge in [0.05, 0.1) is 11.4 Å². The quantitative estimate of drug-likeness (QED) is 0.405. The largest absolute Gasteiger partial charge is 0.382 e. The molecule has 38 heavy (non-hydrogen) atoms. The van der Waals surface area contributed by atoms with Crippen molar-refractivity contribution in [1.29, 1.82) is 0 Å². The molecule has 0 spiro atoms. The van der Waals surface area contributed by atoms with Gasteiger partial charge in [0.15, 0.2) is 11.6 Å². The third-order valence-electron chi connectivity index (χ3n) is 7.20. The van der Waals surface area contributed by atoms with Gasteiger partial charge in [-0.2, -0.15) is 9.78 Å². The zero-order chi connectivity index (χ0) is 26.6. The molecule has 0 atom stereocenters. The lowest BCUT2D eigenvalue weighted by Crippen LogP contribution is -2.28. The van der Waals surface area contributed by atoms with E-state index < -0.39 is 28.8 Å². The second-order valence-corrected chi connectivity index (χ2v) is 9.83. The summed E-state index contributed by atoms with van der Waals surface area (Å²) in [7, 11) is 1.90. The van der Waals surface area contributed by atoms with E-state index in [2.05, 4.69) is 25.9 Å². The number of carbonyl (C=O) groups is 1. The molecule has 2 fully saturated rings. The first-order chi connectivity index (χ1) is 18.5. The summed E-state index contributed by atoms with van der Waals surface area (Å²) in [5, 5.41) is 13.9. The normalized spacial score (nSPS) is 15.7. The Hall–Kier alpha value is -3.79. The molecule has 0 radical (unpaired) electrons. The van der Waals surface area contributed by atoms with Gasteiger partial charge in [0.2, 0.25) is 0 Å². The van der Waals surface area contributed by atoms with E-state index >= 15 is 0 Å². The molecule has 0 bridgehead atoms. The summed E-state index contributed by atoms with van der Waals surface area (Å²) in [4.78, 5) is 28.0. The van der Waals surface area contributed by atoms with E-state index in [9.17, 15) is 18.4 Å². The molecule has 2 aromatic carbocycles. The van der Waals surface area contributed by atoms with Gasteiger partial charge in [0.1, 0.15) is 11.4 Å². The zero-order valence-corrected chi connectivity index (χ0v) is 21.4. The standard InChI is InChI=1S/C28H32F2N6O2/c1-31-17-19-22(32-18-7-2-3-8-18)11-12-23(26(19)35-15-4-5-16-35)33-28(38)24-13-14-25(37)36(34-24)27-20(29)9-6-10-21(27)30/h6,9-14,18,31-32H,2-5,7-8,15-17H2,1H3,(H,33,38). The van der Waals surface area contributed by atoms with E-state index in [0.29, 0.717) is 23.0 Å². The van der Waals surface area contributed by atoms with Gasteiger partial charge in [-0.25, -0.2) is 8.78 Å². The lowest BCUT2D eigenvalue weighted by molar-refractivity contribution is 0.102. The van der Waals surface area contributed by atoms with Crippen molar-refractivity contribution in [2.24, 2.45) is 0 Å². The molecule has 1 aromatic heterocycles. The van der Waals surface area contributed by atoms with Crippen molar-refractivity contribution in [3.8, 4) is 5.69 Å². The van der Waals surface area contributed by atoms with Crippen LogP contribution in [-0.2, 0) is 6.54 Å². The number of hydrogen-bond acceptors (Lipinski definition) is 6. The highest BCUT2D eigenvalue weighted by Gasteiger charge is 2.25. The molecule has 1 saturated carbocycles. The number of carbonyl (C=O) groups excluding carboxylic acids is 1. The Balaban J connectivity index is 1.51. The summed E-state index contributed by atoms with van der Waals surface area (Å²) in [6.45, 7) is 2.37. The molecule has 3 N–H and O–H groups in total. The van der Waals surface area contributed by atoms with Crippen molar-refractivity contribution in [1.82, 2.24) is 15.1 Å². The third kappa shape index (κ3) is 5.26. The van der Waals surface area contributed by atoms with Gasteiger partial charge in [-0.1, -0.05) is 18.9 Å². The molecule has 5 rings (SSSR count). The summed E-state index contributed by atoms with van der Waals surface area (Å²) in [6.07, 6.45) is 6.85. The highest BCUT2D eigenvalue weighted by Crippen LogP contribution is 2.38. The van der Waals surface area contributed by atoms with Gasteiger partial charge in [-0.3, -0.25) is 9.59 Å². The molecule has 0 unspecified atom stereocenters. The predicted molar refractivity (Wildman–Crippen MR) is 144 cm³/mol. The Morgan fingerprint density at radius 2 is 1.63 bits per heavy atom. The Kier molecular flexibility index (Phi) is 7.69. The van der Waals surface area contributed by atoms with E-state index in [1.165, 1.54) is 25.0 Å². The topological polar surface area (TPSA) is 91.3 Å². The van der Waals surface area contributed by atoms with Crippen molar-refractivity contribution in [3.63, 3.8) is 0 Å². The number of nitrogens with one attached hydrogen (secondary N) is 3. The predicted octanol–water partition coefficient (Wildman–Crippen LogP) is 4.44. The molecule has 2 heterocycles. The van der Waals surface area contributed by atoms with Crippen molar-refractivity contribution >= 4 is 23.0 Å². The molecule has 1 aliphatic heterocycles. The number of nitrogens with zero attached hydrogens (tertiary/aromatic N) is 3. The number of para-hydroxylation sites is 1. The van der Waals surface area contributed by atoms with Gasteiger partial charge in [0.25, 0.3) is 11.5 Å². The number of aromatic nitrogens is 2. The Morgan fingerprint density at radius 3 is 2.32 bits per heavy atom. The first-order valence-electron chi connectivity index (χ1n) is 13.1. The van der Waals surface area contributed by atoms with E-state index in [1.807, 2.05) is 19.2 Å². The number of amides is 1. The van der Waals surface area contributed by atoms with Crippen LogP contribution in [0.2, 0.25) is 0 Å². The monoisotopic (exact) mass is 522 g/mol. The first-order valence-corrected chi connectivity index (χ1v) is 13.1. The minimum Gasteiger partial charge on any atom is -0.382 e. The number of halogens is 2. The van der Waals surface area contributed by atoms with Crippen LogP contribution >= 0.6 is 0 Å². The third-order valence-corrected chi connectivity index (χ3v) is 7.20. The van der Waals surface area contributed by atoms with Crippen LogP contribution in [0.1, 0.15) is 54.6 Å². The Bertz CT molecular complexity index is 1360. The van der Waals surface area contributed by atoms with Crippen LogP contribution in [0.3, 0.4) is 0 Å². The number of anilines is 3. The van der Waals surface area contributed by atoms with Crippen LogP contribution in [0.25, 0.3) is 5.69 Å². The summed E-state index contributed by atoms with van der Waals surface area (Å²) in [6, 6.07) is 9.91. The average molecular weight is 523 g/mol. The Morgan fingerprint density at radius 1 is 0.947 bits per heavy atom. The SMILES string of the molecule is CNCc1c(NC2CCCC2)ccc(NC(=O)c2ccc(=O)n(-c3c(F)cccc3F)n2)c1N1CCCC1. The van der Waals surface area contributed by atoms with E-state index in [-0.39, 0.29) is 5.69 Å². The smallest absolute Gasteiger partial charge is 0.276 e. The van der Waals surface area contributed by atoms with Gasteiger partial charge < -0.3 is 20.9 Å². The lowest BCUT2D eigenvalue weighted by Gasteiger charge is -2.28. The van der Waals surface area contributed by atoms with Gasteiger partial charge in [-0.15, -0.1) is 0 Å². The highest BCUT2D eigenvalue weighted by molar-refractivity contribution is 6.05. The first kappa shape index (κ1) is 25.8. The van der Waals surface area contributed by atoms with Crippen LogP contribution in [-0.4, -0.2) is 41.9 Å². The molecule has 1 aliphatic carbocycles. The fourth-order valence-electron chi connectivity index (χ4n) is 5.39. The van der Waals surface area contributed by atoms with Gasteiger partial charge in [-0.05, 0) is 63.1 Å². The molecule has 8 nitrogen and oxygen atoms in total. The Labute approximate surface area is 220 Å². The minimum absolute atomic E-state index is 0.136. The summed E-state index contributed by atoms with van der Waals surface area (Å²) >= 11 is 0. The lowest BCUT2D eigenvalue weighted by atomic mass is 10.1. The maximum Gasteiger partial charge on any atom is 0.276 e. The fraction of sp³-hybridized carbons (Fsp3) is 0.393. The van der Waals surface area contributed by atoms with Crippen LogP contribution in [0, 0.1) is 11.6 Å². The van der Waals surface area contributed by atoms with Crippen molar-refractivity contribution < 1.29 is 13.6 Å². The molecule has 200 valence electrons. The molecule has 1 amide bonds. The highest BCUT2D eigenvalue weighted by atomic mass is 19.1. The van der Waals surface area contributed by atoms with E-state index in [1.54, 1.807) is 0 Å². The minimum atomic E-state index is -0.949. The van der Waals surface area contributed by atoms with Crippen LogP contribution < -0.4 is 26.4 Å².